The molecule has 0 saturated heterocycles. The molecule has 0 aromatic rings. The number of carboxylic acid groups (broad SMARTS) is 4. The molecule has 18 heavy (non-hydrogen) atoms. The van der Waals surface area contributed by atoms with Crippen LogP contribution < -0.4 is 21.7 Å². The third-order valence-corrected chi connectivity index (χ3v) is 1.01. The maximum atomic E-state index is 9.64. The molecule has 0 aliphatic heterocycles. The molecule has 0 amide bonds. The van der Waals surface area contributed by atoms with Gasteiger partial charge in [0.1, 0.15) is 0 Å². The van der Waals surface area contributed by atoms with E-state index in [0.29, 0.717) is 0 Å². The van der Waals surface area contributed by atoms with Crippen molar-refractivity contribution in [2.75, 3.05) is 0 Å². The van der Waals surface area contributed by atoms with Crippen LogP contribution in [0.15, 0.2) is 0 Å². The minimum Gasteiger partial charge on any atom is -0.543 e. The molecule has 0 saturated carbocycles. The van der Waals surface area contributed by atoms with Gasteiger partial charge in [0.05, 0.1) is 11.9 Å². The van der Waals surface area contributed by atoms with Gasteiger partial charge in [0.15, 0.2) is 12.1 Å². The Hall–Kier alpha value is -2.20. The number of carboxylic acids is 4. The fraction of sp³-hybridized carbons (Fsp3) is 0.500. The molecule has 8 N–H and O–H groups in total. The lowest BCUT2D eigenvalue weighted by atomic mass is 10.4. The van der Waals surface area contributed by atoms with Crippen molar-refractivity contribution in [3.05, 3.63) is 0 Å². The molecule has 0 aromatic carbocycles. The zero-order valence-corrected chi connectivity index (χ0v) is 9.91. The first-order chi connectivity index (χ1) is 7.93. The van der Waals surface area contributed by atoms with Crippen molar-refractivity contribution in [2.24, 2.45) is 0 Å². The summed E-state index contributed by atoms with van der Waals surface area (Å²) in [6.07, 6.45) is 0. The van der Waals surface area contributed by atoms with Crippen molar-refractivity contribution < 1.29 is 51.1 Å². The van der Waals surface area contributed by atoms with Crippen molar-refractivity contribution in [2.45, 2.75) is 25.9 Å². The SMILES string of the molecule is C[C@H]([NH3+])C(=O)O.C[C@H]([NH3+])C(=O)O.O=C([O-])C(=O)[O-]. The molecule has 10 nitrogen and oxygen atoms in total. The largest absolute Gasteiger partial charge is 0.543 e. The number of aliphatic carboxylic acids is 4. The van der Waals surface area contributed by atoms with Gasteiger partial charge >= 0.3 is 11.9 Å². The molecule has 0 radical (unpaired) electrons. The van der Waals surface area contributed by atoms with Gasteiger partial charge in [-0.2, -0.15) is 0 Å². The van der Waals surface area contributed by atoms with E-state index in [2.05, 4.69) is 11.5 Å². The lowest BCUT2D eigenvalue weighted by molar-refractivity contribution is -0.402. The van der Waals surface area contributed by atoms with Crippen LogP contribution in [-0.2, 0) is 19.2 Å². The fourth-order valence-corrected chi connectivity index (χ4v) is 0. The van der Waals surface area contributed by atoms with Crippen LogP contribution in [0.25, 0.3) is 0 Å². The first-order valence-electron chi connectivity index (χ1n) is 4.47. The highest BCUT2D eigenvalue weighted by atomic mass is 16.4. The first kappa shape index (κ1) is 21.1. The van der Waals surface area contributed by atoms with E-state index >= 15 is 0 Å². The lowest BCUT2D eigenvalue weighted by Gasteiger charge is -1.97. The Morgan fingerprint density at radius 2 is 0.944 bits per heavy atom. The second kappa shape index (κ2) is 11.3. The zero-order valence-electron chi connectivity index (χ0n) is 9.91. The minimum absolute atomic E-state index is 0.481. The van der Waals surface area contributed by atoms with E-state index in [1.165, 1.54) is 13.8 Å². The highest BCUT2D eigenvalue weighted by Gasteiger charge is 2.04. The minimum atomic E-state index is -2.19. The number of carbonyl (C=O) groups is 4. The van der Waals surface area contributed by atoms with Crippen molar-refractivity contribution in [3.63, 3.8) is 0 Å². The molecule has 0 heterocycles. The summed E-state index contributed by atoms with van der Waals surface area (Å²) < 4.78 is 0. The van der Waals surface area contributed by atoms with Crippen LogP contribution in [0.5, 0.6) is 0 Å². The van der Waals surface area contributed by atoms with Gasteiger partial charge in [0, 0.05) is 0 Å². The second-order valence-corrected chi connectivity index (χ2v) is 3.05. The van der Waals surface area contributed by atoms with Crippen LogP contribution >= 0.6 is 0 Å². The van der Waals surface area contributed by atoms with Gasteiger partial charge in [-0.25, -0.2) is 9.59 Å². The topological polar surface area (TPSA) is 210 Å². The molecule has 0 fully saturated rings. The van der Waals surface area contributed by atoms with E-state index in [-0.39, 0.29) is 0 Å². The first-order valence-corrected chi connectivity index (χ1v) is 4.47. The summed E-state index contributed by atoms with van der Waals surface area (Å²) in [6, 6.07) is -0.963. The van der Waals surface area contributed by atoms with Crippen LogP contribution in [0.1, 0.15) is 13.8 Å². The molecule has 0 rings (SSSR count). The van der Waals surface area contributed by atoms with Gasteiger partial charge in [-0.05, 0) is 13.8 Å². The van der Waals surface area contributed by atoms with Crippen molar-refractivity contribution in [1.29, 1.82) is 0 Å². The van der Waals surface area contributed by atoms with Gasteiger partial charge in [-0.3, -0.25) is 0 Å². The predicted molar refractivity (Wildman–Crippen MR) is 50.0 cm³/mol. The van der Waals surface area contributed by atoms with E-state index in [4.69, 9.17) is 30.0 Å². The Morgan fingerprint density at radius 3 is 0.944 bits per heavy atom. The van der Waals surface area contributed by atoms with Gasteiger partial charge < -0.3 is 41.5 Å². The van der Waals surface area contributed by atoms with Crippen LogP contribution in [0, 0.1) is 0 Å². The molecular weight excluding hydrogens is 252 g/mol. The molecule has 106 valence electrons. The molecule has 0 aliphatic carbocycles. The Bertz CT molecular complexity index is 269. The maximum Gasteiger partial charge on any atom is 0.362 e. The van der Waals surface area contributed by atoms with Crippen molar-refractivity contribution >= 4 is 23.9 Å². The molecule has 0 spiro atoms. The molecule has 0 aliphatic rings. The molecule has 0 bridgehead atoms. The third-order valence-electron chi connectivity index (χ3n) is 1.01. The summed E-state index contributed by atoms with van der Waals surface area (Å²) in [5, 5.41) is 33.7. The van der Waals surface area contributed by atoms with E-state index in [1.54, 1.807) is 0 Å². The number of hydrogen-bond donors (Lipinski definition) is 4. The van der Waals surface area contributed by atoms with Crippen LogP contribution in [-0.4, -0.2) is 46.2 Å². The summed E-state index contributed by atoms with van der Waals surface area (Å²) in [5.74, 6) is -6.07. The summed E-state index contributed by atoms with van der Waals surface area (Å²) in [4.78, 5) is 37.1. The number of carbonyl (C=O) groups excluding carboxylic acids is 2. The maximum absolute atomic E-state index is 9.64. The Morgan fingerprint density at radius 1 is 0.833 bits per heavy atom. The predicted octanol–water partition coefficient (Wildman–Crippen LogP) is -6.11. The van der Waals surface area contributed by atoms with Crippen molar-refractivity contribution in [1.82, 2.24) is 0 Å². The van der Waals surface area contributed by atoms with Gasteiger partial charge in [-0.15, -0.1) is 0 Å². The molecular formula is C8H16N2O8. The Balaban J connectivity index is -0.000000187. The third kappa shape index (κ3) is 23.5. The summed E-state index contributed by atoms with van der Waals surface area (Å²) >= 11 is 0. The summed E-state index contributed by atoms with van der Waals surface area (Å²) in [6.45, 7) is 3.06. The Labute approximate surface area is 102 Å². The molecule has 2 atom stereocenters. The van der Waals surface area contributed by atoms with Gasteiger partial charge in [0.25, 0.3) is 0 Å². The lowest BCUT2D eigenvalue weighted by Crippen LogP contribution is -2.63. The quantitative estimate of drug-likeness (QED) is 0.353. The fourth-order valence-electron chi connectivity index (χ4n) is 0. The smallest absolute Gasteiger partial charge is 0.362 e. The van der Waals surface area contributed by atoms with Crippen LogP contribution in [0.2, 0.25) is 0 Å². The molecule has 0 aromatic heterocycles. The normalized spacial score (nSPS) is 11.6. The summed E-state index contributed by atoms with van der Waals surface area (Å²) in [7, 11) is 0. The van der Waals surface area contributed by atoms with Gasteiger partial charge in [-0.1, -0.05) is 0 Å². The molecule has 10 heteroatoms. The van der Waals surface area contributed by atoms with Crippen LogP contribution in [0.3, 0.4) is 0 Å². The van der Waals surface area contributed by atoms with E-state index in [9.17, 15) is 9.59 Å². The highest BCUT2D eigenvalue weighted by molar-refractivity contribution is 6.25. The zero-order chi connectivity index (χ0) is 15.5. The average Bonchev–Trinajstić information content (AvgIpc) is 2.18. The highest BCUT2D eigenvalue weighted by Crippen LogP contribution is 1.65. The second-order valence-electron chi connectivity index (χ2n) is 3.05. The number of rotatable bonds is 2. The monoisotopic (exact) mass is 268 g/mol. The van der Waals surface area contributed by atoms with E-state index in [0.717, 1.165) is 0 Å². The van der Waals surface area contributed by atoms with Crippen LogP contribution in [0.4, 0.5) is 0 Å². The number of quaternary nitrogens is 2. The number of hydrogen-bond acceptors (Lipinski definition) is 6. The van der Waals surface area contributed by atoms with Gasteiger partial charge in [0.2, 0.25) is 0 Å². The average molecular weight is 268 g/mol. The molecule has 0 unspecified atom stereocenters. The summed E-state index contributed by atoms with van der Waals surface area (Å²) in [5.41, 5.74) is 6.48. The van der Waals surface area contributed by atoms with E-state index in [1.807, 2.05) is 0 Å². The van der Waals surface area contributed by atoms with Crippen molar-refractivity contribution in [3.8, 4) is 0 Å². The Kier molecular flexibility index (Phi) is 13.2. The standard InChI is InChI=1S/2C3H7NO2.C2H2O4/c2*1-2(4)3(5)6;3-1(4)2(5)6/h2*2H,4H2,1H3,(H,5,6);(H,3,4)(H,5,6)/t2*2-;/m00./s1. The van der Waals surface area contributed by atoms with E-state index < -0.39 is 36.0 Å².